The zero-order chi connectivity index (χ0) is 16.7. The van der Waals surface area contributed by atoms with Gasteiger partial charge in [-0.2, -0.15) is 0 Å². The molecule has 0 fully saturated rings. The minimum Gasteiger partial charge on any atom is -0.491 e. The lowest BCUT2D eigenvalue weighted by Crippen LogP contribution is -2.43. The summed E-state index contributed by atoms with van der Waals surface area (Å²) >= 11 is 0. The normalized spacial score (nSPS) is 13.6. The summed E-state index contributed by atoms with van der Waals surface area (Å²) in [5.74, 6) is 0.789. The van der Waals surface area contributed by atoms with E-state index >= 15 is 0 Å². The fraction of sp³-hybridized carbons (Fsp3) is 0.588. The molecule has 1 rings (SSSR count). The molecule has 0 spiro atoms. The topological polar surface area (TPSA) is 61.8 Å². The van der Waals surface area contributed by atoms with Crippen LogP contribution in [0.4, 0.5) is 10.5 Å². The molecule has 0 heterocycles. The highest BCUT2D eigenvalue weighted by molar-refractivity contribution is 5.89. The van der Waals surface area contributed by atoms with Gasteiger partial charge in [0, 0.05) is 18.3 Å². The summed E-state index contributed by atoms with van der Waals surface area (Å²) in [7, 11) is 0. The number of carbonyl (C=O) groups is 1. The van der Waals surface area contributed by atoms with Crippen molar-refractivity contribution in [3.63, 3.8) is 0 Å². The summed E-state index contributed by atoms with van der Waals surface area (Å²) < 4.78 is 5.71. The molecule has 1 aromatic rings. The van der Waals surface area contributed by atoms with Crippen molar-refractivity contribution < 1.29 is 14.6 Å². The predicted molar refractivity (Wildman–Crippen MR) is 89.4 cm³/mol. The third kappa shape index (κ3) is 5.93. The summed E-state index contributed by atoms with van der Waals surface area (Å²) in [4.78, 5) is 13.9. The number of benzene rings is 1. The Morgan fingerprint density at radius 2 is 1.82 bits per heavy atom. The third-order valence-corrected chi connectivity index (χ3v) is 3.36. The maximum absolute atomic E-state index is 12.3. The number of urea groups is 1. The minimum absolute atomic E-state index is 0.0163. The van der Waals surface area contributed by atoms with Crippen LogP contribution in [0.1, 0.15) is 41.0 Å². The molecule has 0 bridgehead atoms. The van der Waals surface area contributed by atoms with E-state index in [1.807, 2.05) is 45.0 Å². The molecule has 5 heteroatoms. The highest BCUT2D eigenvalue weighted by atomic mass is 16.5. The number of nitrogens with one attached hydrogen (secondary N) is 1. The van der Waals surface area contributed by atoms with Gasteiger partial charge in [0.05, 0.1) is 12.2 Å². The standard InChI is InChI=1S/C17H28N2O3/c1-6-14(5)22-16-9-7-15(8-10-16)18-17(21)19(12(2)3)11-13(4)20/h7-10,12-14,20H,6,11H2,1-5H3,(H,18,21). The van der Waals surface area contributed by atoms with Gasteiger partial charge >= 0.3 is 6.03 Å². The van der Waals surface area contributed by atoms with Crippen molar-refractivity contribution in [1.29, 1.82) is 0 Å². The molecule has 0 aliphatic carbocycles. The van der Waals surface area contributed by atoms with Gasteiger partial charge in [0.2, 0.25) is 0 Å². The molecule has 0 aliphatic heterocycles. The Kier molecular flexibility index (Phi) is 7.18. The fourth-order valence-electron chi connectivity index (χ4n) is 1.94. The van der Waals surface area contributed by atoms with Crippen LogP contribution < -0.4 is 10.1 Å². The molecule has 2 atom stereocenters. The number of nitrogens with zero attached hydrogens (tertiary/aromatic N) is 1. The second-order valence-corrected chi connectivity index (χ2v) is 5.89. The quantitative estimate of drug-likeness (QED) is 0.810. The average molecular weight is 308 g/mol. The maximum atomic E-state index is 12.3. The van der Waals surface area contributed by atoms with E-state index in [0.717, 1.165) is 12.2 Å². The van der Waals surface area contributed by atoms with E-state index in [0.29, 0.717) is 12.2 Å². The molecule has 2 N–H and O–H groups in total. The van der Waals surface area contributed by atoms with Gasteiger partial charge in [-0.3, -0.25) is 0 Å². The Balaban J connectivity index is 2.67. The van der Waals surface area contributed by atoms with Gasteiger partial charge in [-0.25, -0.2) is 4.79 Å². The van der Waals surface area contributed by atoms with Crippen molar-refractivity contribution in [2.75, 3.05) is 11.9 Å². The van der Waals surface area contributed by atoms with E-state index in [-0.39, 0.29) is 18.2 Å². The second-order valence-electron chi connectivity index (χ2n) is 5.89. The number of rotatable bonds is 7. The molecule has 22 heavy (non-hydrogen) atoms. The van der Waals surface area contributed by atoms with Crippen LogP contribution in [-0.2, 0) is 0 Å². The molecule has 2 unspecified atom stereocenters. The molecule has 0 aromatic heterocycles. The lowest BCUT2D eigenvalue weighted by molar-refractivity contribution is 0.125. The van der Waals surface area contributed by atoms with Crippen LogP contribution in [0.25, 0.3) is 0 Å². The lowest BCUT2D eigenvalue weighted by Gasteiger charge is -2.28. The number of hydrogen-bond acceptors (Lipinski definition) is 3. The smallest absolute Gasteiger partial charge is 0.322 e. The Hall–Kier alpha value is -1.75. The van der Waals surface area contributed by atoms with Crippen LogP contribution in [0.3, 0.4) is 0 Å². The monoisotopic (exact) mass is 308 g/mol. The summed E-state index contributed by atoms with van der Waals surface area (Å²) in [5, 5.41) is 12.3. The molecule has 1 aromatic carbocycles. The first-order chi connectivity index (χ1) is 10.3. The Labute approximate surface area is 133 Å². The molecule has 0 saturated carbocycles. The van der Waals surface area contributed by atoms with Gasteiger partial charge < -0.3 is 20.1 Å². The van der Waals surface area contributed by atoms with Gasteiger partial charge in [0.25, 0.3) is 0 Å². The van der Waals surface area contributed by atoms with Gasteiger partial charge in [-0.05, 0) is 58.4 Å². The van der Waals surface area contributed by atoms with Gasteiger partial charge in [-0.1, -0.05) is 6.92 Å². The fourth-order valence-corrected chi connectivity index (χ4v) is 1.94. The molecule has 0 aliphatic rings. The number of carbonyl (C=O) groups excluding carboxylic acids is 1. The highest BCUT2D eigenvalue weighted by Crippen LogP contribution is 2.18. The summed E-state index contributed by atoms with van der Waals surface area (Å²) in [6.45, 7) is 9.91. The van der Waals surface area contributed by atoms with Gasteiger partial charge in [-0.15, -0.1) is 0 Å². The summed E-state index contributed by atoms with van der Waals surface area (Å²) in [6.07, 6.45) is 0.559. The number of aliphatic hydroxyl groups is 1. The van der Waals surface area contributed by atoms with E-state index in [1.54, 1.807) is 11.8 Å². The Morgan fingerprint density at radius 3 is 2.27 bits per heavy atom. The molecule has 0 saturated heterocycles. The van der Waals surface area contributed by atoms with Crippen LogP contribution in [0.15, 0.2) is 24.3 Å². The van der Waals surface area contributed by atoms with Crippen LogP contribution in [0.5, 0.6) is 5.75 Å². The zero-order valence-corrected chi connectivity index (χ0v) is 14.2. The average Bonchev–Trinajstić information content (AvgIpc) is 2.46. The Bertz CT molecular complexity index is 457. The van der Waals surface area contributed by atoms with Crippen molar-refractivity contribution in [2.24, 2.45) is 0 Å². The lowest BCUT2D eigenvalue weighted by atomic mass is 10.2. The number of hydrogen-bond donors (Lipinski definition) is 2. The van der Waals surface area contributed by atoms with E-state index in [4.69, 9.17) is 4.74 Å². The first kappa shape index (κ1) is 18.3. The summed E-state index contributed by atoms with van der Waals surface area (Å²) in [5.41, 5.74) is 0.706. The van der Waals surface area contributed by atoms with Crippen molar-refractivity contribution in [1.82, 2.24) is 4.90 Å². The van der Waals surface area contributed by atoms with E-state index in [1.165, 1.54) is 0 Å². The zero-order valence-electron chi connectivity index (χ0n) is 14.2. The predicted octanol–water partition coefficient (Wildman–Crippen LogP) is 3.49. The van der Waals surface area contributed by atoms with Crippen molar-refractivity contribution >= 4 is 11.7 Å². The first-order valence-electron chi connectivity index (χ1n) is 7.85. The van der Waals surface area contributed by atoms with Crippen LogP contribution >= 0.6 is 0 Å². The Morgan fingerprint density at radius 1 is 1.23 bits per heavy atom. The van der Waals surface area contributed by atoms with Crippen molar-refractivity contribution in [3.8, 4) is 5.75 Å². The molecular formula is C17H28N2O3. The van der Waals surface area contributed by atoms with E-state index < -0.39 is 6.10 Å². The number of anilines is 1. The minimum atomic E-state index is -0.556. The number of ether oxygens (including phenoxy) is 1. The van der Waals surface area contributed by atoms with Crippen LogP contribution in [-0.4, -0.2) is 40.8 Å². The largest absolute Gasteiger partial charge is 0.491 e. The molecule has 124 valence electrons. The second kappa shape index (κ2) is 8.63. The maximum Gasteiger partial charge on any atom is 0.322 e. The molecular weight excluding hydrogens is 280 g/mol. The third-order valence-electron chi connectivity index (χ3n) is 3.36. The molecule has 5 nitrogen and oxygen atoms in total. The first-order valence-corrected chi connectivity index (χ1v) is 7.85. The van der Waals surface area contributed by atoms with Crippen molar-refractivity contribution in [3.05, 3.63) is 24.3 Å². The van der Waals surface area contributed by atoms with Crippen LogP contribution in [0.2, 0.25) is 0 Å². The molecule has 2 amide bonds. The summed E-state index contributed by atoms with van der Waals surface area (Å²) in [6, 6.07) is 7.12. The van der Waals surface area contributed by atoms with Crippen molar-refractivity contribution in [2.45, 2.75) is 59.3 Å². The molecule has 0 radical (unpaired) electrons. The SMILES string of the molecule is CCC(C)Oc1ccc(NC(=O)N(CC(C)O)C(C)C)cc1. The van der Waals surface area contributed by atoms with Gasteiger partial charge in [0.15, 0.2) is 0 Å². The highest BCUT2D eigenvalue weighted by Gasteiger charge is 2.18. The van der Waals surface area contributed by atoms with E-state index in [2.05, 4.69) is 12.2 Å². The van der Waals surface area contributed by atoms with Crippen LogP contribution in [0, 0.1) is 0 Å². The van der Waals surface area contributed by atoms with E-state index in [9.17, 15) is 9.90 Å². The number of amides is 2. The number of aliphatic hydroxyl groups excluding tert-OH is 1. The van der Waals surface area contributed by atoms with Gasteiger partial charge in [0.1, 0.15) is 5.75 Å².